The number of carbonyl (C=O) groups is 2. The maximum Gasteiger partial charge on any atom is 0.290 e. The third-order valence-corrected chi connectivity index (χ3v) is 3.63. The number of nitrogens with zero attached hydrogens (tertiary/aromatic N) is 3. The van der Waals surface area contributed by atoms with Crippen molar-refractivity contribution in [3.05, 3.63) is 29.5 Å². The Hall–Kier alpha value is -2.45. The van der Waals surface area contributed by atoms with E-state index in [2.05, 4.69) is 35.5 Å². The number of nitrogens with one attached hydrogen (secondary N) is 1. The molecule has 0 saturated heterocycles. The Kier molecular flexibility index (Phi) is 8.59. The number of hydrogen-bond donors (Lipinski definition) is 2. The average Bonchev–Trinajstić information content (AvgIpc) is 2.87. The SMILES string of the molecule is COCCN(C)CC(=O)NCc1nn(C)c2ccc(C)cc12.O=CO. The summed E-state index contributed by atoms with van der Waals surface area (Å²) >= 11 is 0. The zero-order valence-electron chi connectivity index (χ0n) is 15.2. The van der Waals surface area contributed by atoms with Crippen molar-refractivity contribution in [1.29, 1.82) is 0 Å². The maximum atomic E-state index is 12.0. The highest BCUT2D eigenvalue weighted by Crippen LogP contribution is 2.19. The van der Waals surface area contributed by atoms with Crippen LogP contribution in [0.25, 0.3) is 10.9 Å². The van der Waals surface area contributed by atoms with Crippen LogP contribution in [0.5, 0.6) is 0 Å². The Labute approximate surface area is 147 Å². The Morgan fingerprint density at radius 1 is 1.48 bits per heavy atom. The Balaban J connectivity index is 0.000000970. The van der Waals surface area contributed by atoms with Crippen molar-refractivity contribution in [2.75, 3.05) is 33.9 Å². The highest BCUT2D eigenvalue weighted by atomic mass is 16.5. The van der Waals surface area contributed by atoms with Crippen molar-refractivity contribution in [2.45, 2.75) is 13.5 Å². The first-order valence-corrected chi connectivity index (χ1v) is 7.87. The number of amides is 1. The number of likely N-dealkylation sites (N-methyl/N-ethyl adjacent to an activating group) is 1. The third kappa shape index (κ3) is 6.52. The monoisotopic (exact) mass is 350 g/mol. The van der Waals surface area contributed by atoms with Gasteiger partial charge < -0.3 is 15.2 Å². The van der Waals surface area contributed by atoms with Gasteiger partial charge in [-0.1, -0.05) is 11.6 Å². The van der Waals surface area contributed by atoms with Crippen LogP contribution in [0.2, 0.25) is 0 Å². The summed E-state index contributed by atoms with van der Waals surface area (Å²) in [5.41, 5.74) is 3.16. The molecule has 25 heavy (non-hydrogen) atoms. The number of hydrogen-bond acceptors (Lipinski definition) is 5. The Bertz CT molecular complexity index is 699. The van der Waals surface area contributed by atoms with E-state index in [1.807, 2.05) is 23.7 Å². The highest BCUT2D eigenvalue weighted by molar-refractivity contribution is 5.83. The third-order valence-electron chi connectivity index (χ3n) is 3.63. The Morgan fingerprint density at radius 3 is 2.80 bits per heavy atom. The summed E-state index contributed by atoms with van der Waals surface area (Å²) in [5.74, 6) is -0.00920. The van der Waals surface area contributed by atoms with Gasteiger partial charge in [-0.2, -0.15) is 5.10 Å². The summed E-state index contributed by atoms with van der Waals surface area (Å²) in [6.07, 6.45) is 0. The second kappa shape index (κ2) is 10.4. The summed E-state index contributed by atoms with van der Waals surface area (Å²) in [6, 6.07) is 6.23. The van der Waals surface area contributed by atoms with Crippen LogP contribution in [-0.2, 0) is 27.9 Å². The molecular weight excluding hydrogens is 324 g/mol. The number of rotatable bonds is 7. The van der Waals surface area contributed by atoms with Crippen LogP contribution in [0.15, 0.2) is 18.2 Å². The van der Waals surface area contributed by atoms with E-state index in [-0.39, 0.29) is 12.4 Å². The van der Waals surface area contributed by atoms with Gasteiger partial charge in [-0.3, -0.25) is 19.2 Å². The fourth-order valence-electron chi connectivity index (χ4n) is 2.39. The molecule has 8 nitrogen and oxygen atoms in total. The molecular formula is C17H26N4O4. The fraction of sp³-hybridized carbons (Fsp3) is 0.471. The van der Waals surface area contributed by atoms with Crippen molar-refractivity contribution in [1.82, 2.24) is 20.0 Å². The van der Waals surface area contributed by atoms with Crippen LogP contribution in [0.3, 0.4) is 0 Å². The summed E-state index contributed by atoms with van der Waals surface area (Å²) < 4.78 is 6.85. The maximum absolute atomic E-state index is 12.0. The van der Waals surface area contributed by atoms with E-state index < -0.39 is 0 Å². The van der Waals surface area contributed by atoms with E-state index in [0.29, 0.717) is 19.7 Å². The quantitative estimate of drug-likeness (QED) is 0.716. The number of carbonyl (C=O) groups excluding carboxylic acids is 1. The van der Waals surface area contributed by atoms with Gasteiger partial charge in [-0.25, -0.2) is 0 Å². The number of benzene rings is 1. The minimum atomic E-state index is -0.250. The van der Waals surface area contributed by atoms with E-state index in [9.17, 15) is 4.79 Å². The number of aryl methyl sites for hydroxylation is 2. The van der Waals surface area contributed by atoms with Gasteiger partial charge in [0.1, 0.15) is 0 Å². The van der Waals surface area contributed by atoms with Crippen LogP contribution in [-0.4, -0.2) is 66.0 Å². The predicted octanol–water partition coefficient (Wildman–Crippen LogP) is 0.777. The van der Waals surface area contributed by atoms with E-state index in [4.69, 9.17) is 14.6 Å². The van der Waals surface area contributed by atoms with Crippen molar-refractivity contribution < 1.29 is 19.4 Å². The fourth-order valence-corrected chi connectivity index (χ4v) is 2.39. The van der Waals surface area contributed by atoms with E-state index >= 15 is 0 Å². The van der Waals surface area contributed by atoms with Gasteiger partial charge >= 0.3 is 0 Å². The topological polar surface area (TPSA) is 96.7 Å². The molecule has 1 heterocycles. The Morgan fingerprint density at radius 2 is 2.16 bits per heavy atom. The summed E-state index contributed by atoms with van der Waals surface area (Å²) in [6.45, 7) is 3.95. The lowest BCUT2D eigenvalue weighted by Crippen LogP contribution is -2.36. The van der Waals surface area contributed by atoms with Gasteiger partial charge in [0.15, 0.2) is 0 Å². The lowest BCUT2D eigenvalue weighted by molar-refractivity contribution is -0.123. The van der Waals surface area contributed by atoms with Gasteiger partial charge in [-0.05, 0) is 26.1 Å². The number of carboxylic acid groups (broad SMARTS) is 1. The second-order valence-corrected chi connectivity index (χ2v) is 5.70. The molecule has 0 bridgehead atoms. The van der Waals surface area contributed by atoms with Gasteiger partial charge in [0.25, 0.3) is 6.47 Å². The molecule has 0 unspecified atom stereocenters. The van der Waals surface area contributed by atoms with Crippen LogP contribution in [0.1, 0.15) is 11.3 Å². The largest absolute Gasteiger partial charge is 0.483 e. The molecule has 1 amide bonds. The molecule has 0 aliphatic carbocycles. The minimum Gasteiger partial charge on any atom is -0.483 e. The lowest BCUT2D eigenvalue weighted by Gasteiger charge is -2.15. The standard InChI is InChI=1S/C16H24N4O2.CH2O2/c1-12-5-6-15-13(9-12)14(18-20(15)3)10-17-16(21)11-19(2)7-8-22-4;2-1-3/h5-6,9H,7-8,10-11H2,1-4H3,(H,17,21);1H,(H,2,3). The first-order valence-electron chi connectivity index (χ1n) is 7.87. The number of ether oxygens (including phenoxy) is 1. The zero-order chi connectivity index (χ0) is 18.8. The molecule has 1 aromatic carbocycles. The molecule has 8 heteroatoms. The normalized spacial score (nSPS) is 10.4. The summed E-state index contributed by atoms with van der Waals surface area (Å²) in [7, 11) is 5.47. The molecule has 2 N–H and O–H groups in total. The molecule has 0 aliphatic rings. The zero-order valence-corrected chi connectivity index (χ0v) is 15.2. The van der Waals surface area contributed by atoms with E-state index in [0.717, 1.165) is 23.1 Å². The molecule has 0 atom stereocenters. The average molecular weight is 350 g/mol. The molecule has 138 valence electrons. The number of fused-ring (bicyclic) bond motifs is 1. The first-order chi connectivity index (χ1) is 11.9. The van der Waals surface area contributed by atoms with Crippen LogP contribution in [0.4, 0.5) is 0 Å². The first kappa shape index (κ1) is 20.6. The van der Waals surface area contributed by atoms with Gasteiger partial charge in [-0.15, -0.1) is 0 Å². The molecule has 1 aromatic heterocycles. The summed E-state index contributed by atoms with van der Waals surface area (Å²) in [5, 5.41) is 15.4. The van der Waals surface area contributed by atoms with Crippen LogP contribution in [0, 0.1) is 6.92 Å². The van der Waals surface area contributed by atoms with Crippen molar-refractivity contribution in [2.24, 2.45) is 7.05 Å². The minimum absolute atomic E-state index is 0.00920. The molecule has 0 saturated carbocycles. The highest BCUT2D eigenvalue weighted by Gasteiger charge is 2.11. The molecule has 0 fully saturated rings. The van der Waals surface area contributed by atoms with Gasteiger partial charge in [0.2, 0.25) is 5.91 Å². The van der Waals surface area contributed by atoms with Crippen molar-refractivity contribution in [3.63, 3.8) is 0 Å². The number of aromatic nitrogens is 2. The lowest BCUT2D eigenvalue weighted by atomic mass is 10.1. The van der Waals surface area contributed by atoms with E-state index in [1.54, 1.807) is 7.11 Å². The van der Waals surface area contributed by atoms with Gasteiger partial charge in [0, 0.05) is 26.1 Å². The summed E-state index contributed by atoms with van der Waals surface area (Å²) in [4.78, 5) is 22.3. The van der Waals surface area contributed by atoms with Gasteiger partial charge in [0.05, 0.1) is 30.9 Å². The molecule has 2 rings (SSSR count). The smallest absolute Gasteiger partial charge is 0.290 e. The molecule has 0 radical (unpaired) electrons. The van der Waals surface area contributed by atoms with Crippen molar-refractivity contribution in [3.8, 4) is 0 Å². The predicted molar refractivity (Wildman–Crippen MR) is 95.4 cm³/mol. The van der Waals surface area contributed by atoms with E-state index in [1.165, 1.54) is 5.56 Å². The second-order valence-electron chi connectivity index (χ2n) is 5.70. The van der Waals surface area contributed by atoms with Crippen LogP contribution < -0.4 is 5.32 Å². The van der Waals surface area contributed by atoms with Crippen molar-refractivity contribution >= 4 is 23.3 Å². The number of methoxy groups -OCH3 is 1. The van der Waals surface area contributed by atoms with Crippen LogP contribution >= 0.6 is 0 Å². The molecule has 0 spiro atoms. The molecule has 2 aromatic rings. The molecule has 0 aliphatic heterocycles.